The van der Waals surface area contributed by atoms with Crippen molar-refractivity contribution < 1.29 is 42.7 Å². The normalized spacial score (nSPS) is 14.1. The van der Waals surface area contributed by atoms with Gasteiger partial charge in [0.25, 0.3) is 0 Å². The fraction of sp³-hybridized carbons (Fsp3) is 0.944. The van der Waals surface area contributed by atoms with Crippen molar-refractivity contribution in [1.29, 1.82) is 0 Å². The highest BCUT2D eigenvalue weighted by Crippen LogP contribution is 2.43. The van der Waals surface area contributed by atoms with E-state index in [1.807, 2.05) is 0 Å². The largest absolute Gasteiger partial charge is 0.480 e. The maximum Gasteiger partial charge on any atom is 0.472 e. The van der Waals surface area contributed by atoms with Gasteiger partial charge in [-0.15, -0.1) is 0 Å². The molecule has 0 aromatic rings. The molecule has 0 aliphatic carbocycles. The van der Waals surface area contributed by atoms with Crippen molar-refractivity contribution in [1.82, 2.24) is 0 Å². The van der Waals surface area contributed by atoms with Gasteiger partial charge in [0.15, 0.2) is 0 Å². The van der Waals surface area contributed by atoms with E-state index in [1.54, 1.807) is 0 Å². The molecule has 0 saturated carbocycles. The second kappa shape index (κ2) is 33.5. The van der Waals surface area contributed by atoms with Crippen LogP contribution in [0, 0.1) is 0 Å². The van der Waals surface area contributed by atoms with E-state index < -0.39 is 45.1 Å². The summed E-state index contributed by atoms with van der Waals surface area (Å²) in [7, 11) is -4.60. The van der Waals surface area contributed by atoms with Crippen LogP contribution in [0.4, 0.5) is 0 Å². The number of phosphoric ester groups is 1. The summed E-state index contributed by atoms with van der Waals surface area (Å²) in [5, 5.41) is 8.84. The highest BCUT2D eigenvalue weighted by molar-refractivity contribution is 7.47. The van der Waals surface area contributed by atoms with Gasteiger partial charge in [-0.1, -0.05) is 162 Å². The lowest BCUT2D eigenvalue weighted by Gasteiger charge is -2.20. The molecule has 0 heterocycles. The molecule has 4 N–H and O–H groups in total. The molecular weight excluding hydrogens is 621 g/mol. The molecule has 0 bridgehead atoms. The molecule has 0 aromatic carbocycles. The number of nitrogens with two attached hydrogens (primary N) is 1. The Morgan fingerprint density at radius 3 is 1.40 bits per heavy atom. The van der Waals surface area contributed by atoms with E-state index in [9.17, 15) is 19.0 Å². The van der Waals surface area contributed by atoms with Gasteiger partial charge in [-0.05, 0) is 12.8 Å². The van der Waals surface area contributed by atoms with E-state index in [4.69, 9.17) is 24.8 Å². The Morgan fingerprint density at radius 2 is 0.979 bits per heavy atom. The van der Waals surface area contributed by atoms with Gasteiger partial charge in [0, 0.05) is 13.0 Å². The lowest BCUT2D eigenvalue weighted by molar-refractivity contribution is -0.154. The fourth-order valence-corrected chi connectivity index (χ4v) is 6.15. The van der Waals surface area contributed by atoms with Gasteiger partial charge in [-0.25, -0.2) is 4.57 Å². The zero-order valence-corrected chi connectivity index (χ0v) is 31.0. The molecule has 280 valence electrons. The number of carboxylic acids is 1. The van der Waals surface area contributed by atoms with Gasteiger partial charge in [0.2, 0.25) is 0 Å². The molecule has 0 radical (unpaired) electrons. The van der Waals surface area contributed by atoms with Gasteiger partial charge in [0.05, 0.1) is 19.8 Å². The molecule has 3 unspecified atom stereocenters. The number of hydrogen-bond acceptors (Lipinski definition) is 8. The highest BCUT2D eigenvalue weighted by atomic mass is 31.2. The predicted octanol–water partition coefficient (Wildman–Crippen LogP) is 9.64. The second-order valence-corrected chi connectivity index (χ2v) is 14.5. The Balaban J connectivity index is 4.18. The van der Waals surface area contributed by atoms with Crippen molar-refractivity contribution in [3.05, 3.63) is 0 Å². The summed E-state index contributed by atoms with van der Waals surface area (Å²) in [5.41, 5.74) is 5.33. The van der Waals surface area contributed by atoms with Crippen LogP contribution >= 0.6 is 7.82 Å². The molecular formula is C36H72NO9P. The lowest BCUT2D eigenvalue weighted by Crippen LogP contribution is -2.34. The van der Waals surface area contributed by atoms with Crippen molar-refractivity contribution in [2.75, 3.05) is 26.4 Å². The number of carbonyl (C=O) groups excluding carboxylic acids is 1. The van der Waals surface area contributed by atoms with Crippen LogP contribution in [0.1, 0.15) is 181 Å². The molecule has 0 rings (SSSR count). The van der Waals surface area contributed by atoms with Gasteiger partial charge in [-0.3, -0.25) is 18.6 Å². The Labute approximate surface area is 287 Å². The van der Waals surface area contributed by atoms with Crippen molar-refractivity contribution in [3.8, 4) is 0 Å². The van der Waals surface area contributed by atoms with E-state index in [-0.39, 0.29) is 13.0 Å². The van der Waals surface area contributed by atoms with E-state index in [0.717, 1.165) is 38.5 Å². The van der Waals surface area contributed by atoms with Crippen LogP contribution in [-0.2, 0) is 32.7 Å². The minimum absolute atomic E-state index is 0.0237. The molecule has 0 aliphatic heterocycles. The fourth-order valence-electron chi connectivity index (χ4n) is 5.37. The van der Waals surface area contributed by atoms with Crippen LogP contribution in [-0.4, -0.2) is 60.5 Å². The summed E-state index contributed by atoms with van der Waals surface area (Å²) in [5.74, 6) is -1.77. The van der Waals surface area contributed by atoms with Crippen LogP contribution in [0.3, 0.4) is 0 Å². The smallest absolute Gasteiger partial charge is 0.472 e. The lowest BCUT2D eigenvalue weighted by atomic mass is 10.0. The predicted molar refractivity (Wildman–Crippen MR) is 189 cm³/mol. The summed E-state index contributed by atoms with van der Waals surface area (Å²) in [6, 6.07) is -1.47. The number of unbranched alkanes of at least 4 members (excludes halogenated alkanes) is 23. The molecule has 3 atom stereocenters. The Bertz CT molecular complexity index is 771. The van der Waals surface area contributed by atoms with Crippen molar-refractivity contribution in [2.24, 2.45) is 5.73 Å². The Kier molecular flexibility index (Phi) is 32.7. The van der Waals surface area contributed by atoms with Crippen LogP contribution in [0.5, 0.6) is 0 Å². The van der Waals surface area contributed by atoms with E-state index in [1.165, 1.54) is 122 Å². The third kappa shape index (κ3) is 33.3. The number of phosphoric acid groups is 1. The first-order valence-corrected chi connectivity index (χ1v) is 20.6. The minimum atomic E-state index is -4.60. The topological polar surface area (TPSA) is 155 Å². The third-order valence-electron chi connectivity index (χ3n) is 8.39. The number of hydrogen-bond donors (Lipinski definition) is 3. The average Bonchev–Trinajstić information content (AvgIpc) is 3.04. The molecule has 0 aromatic heterocycles. The van der Waals surface area contributed by atoms with E-state index in [0.29, 0.717) is 6.61 Å². The van der Waals surface area contributed by atoms with Crippen LogP contribution in [0.15, 0.2) is 0 Å². The summed E-state index contributed by atoms with van der Waals surface area (Å²) in [6.07, 6.45) is 30.2. The Hall–Kier alpha value is -1.03. The SMILES string of the molecule is CCCCCCCCCCCCCCCCCCCC(=O)OC(COCCCCCCCCCC)COP(=O)(O)OCC(N)C(=O)O. The summed E-state index contributed by atoms with van der Waals surface area (Å²) >= 11 is 0. The zero-order chi connectivity index (χ0) is 34.9. The second-order valence-electron chi connectivity index (χ2n) is 13.1. The number of aliphatic carboxylic acids is 1. The van der Waals surface area contributed by atoms with E-state index in [2.05, 4.69) is 18.4 Å². The van der Waals surface area contributed by atoms with Crippen molar-refractivity contribution >= 4 is 19.8 Å². The van der Waals surface area contributed by atoms with Crippen LogP contribution in [0.2, 0.25) is 0 Å². The molecule has 0 spiro atoms. The molecule has 0 aliphatic rings. The van der Waals surface area contributed by atoms with Crippen molar-refractivity contribution in [2.45, 2.75) is 193 Å². The van der Waals surface area contributed by atoms with E-state index >= 15 is 0 Å². The van der Waals surface area contributed by atoms with Gasteiger partial charge >= 0.3 is 19.8 Å². The Morgan fingerprint density at radius 1 is 0.596 bits per heavy atom. The van der Waals surface area contributed by atoms with Gasteiger partial charge in [-0.2, -0.15) is 0 Å². The summed E-state index contributed by atoms with van der Waals surface area (Å²) in [4.78, 5) is 33.3. The molecule has 0 amide bonds. The highest BCUT2D eigenvalue weighted by Gasteiger charge is 2.27. The number of rotatable bonds is 37. The average molecular weight is 694 g/mol. The molecule has 10 nitrogen and oxygen atoms in total. The molecule has 0 saturated heterocycles. The summed E-state index contributed by atoms with van der Waals surface area (Å²) in [6.45, 7) is 3.87. The van der Waals surface area contributed by atoms with Gasteiger partial charge in [0.1, 0.15) is 12.1 Å². The molecule has 11 heteroatoms. The number of carboxylic acid groups (broad SMARTS) is 1. The number of ether oxygens (including phenoxy) is 2. The maximum absolute atomic E-state index is 12.5. The van der Waals surface area contributed by atoms with Crippen molar-refractivity contribution in [3.63, 3.8) is 0 Å². The third-order valence-corrected chi connectivity index (χ3v) is 9.34. The quantitative estimate of drug-likeness (QED) is 0.0325. The van der Waals surface area contributed by atoms with Crippen LogP contribution < -0.4 is 5.73 Å². The minimum Gasteiger partial charge on any atom is -0.480 e. The van der Waals surface area contributed by atoms with Crippen LogP contribution in [0.25, 0.3) is 0 Å². The zero-order valence-electron chi connectivity index (χ0n) is 30.1. The first-order valence-electron chi connectivity index (χ1n) is 19.1. The number of carbonyl (C=O) groups is 2. The standard InChI is InChI=1S/C36H72NO9P/c1-3-5-7-9-11-13-14-15-16-17-18-19-20-21-22-24-26-28-35(38)46-33(30-43-29-27-25-23-12-10-8-6-4-2)31-44-47(41,42)45-32-34(37)36(39)40/h33-34H,3-32,37H2,1-2H3,(H,39,40)(H,41,42). The first kappa shape index (κ1) is 46.0. The van der Waals surface area contributed by atoms with Gasteiger partial charge < -0.3 is 25.2 Å². The first-order chi connectivity index (χ1) is 22.7. The maximum atomic E-state index is 12.5. The monoisotopic (exact) mass is 693 g/mol. The molecule has 47 heavy (non-hydrogen) atoms. The molecule has 0 fully saturated rings. The number of esters is 1. The summed E-state index contributed by atoms with van der Waals surface area (Å²) < 4.78 is 33.1.